The van der Waals surface area contributed by atoms with Crippen LogP contribution in [0.4, 0.5) is 0 Å². The van der Waals surface area contributed by atoms with Crippen LogP contribution in [-0.2, 0) is 28.5 Å². The lowest BCUT2D eigenvalue weighted by Crippen LogP contribution is -2.52. The lowest BCUT2D eigenvalue weighted by Gasteiger charge is -2.34. The van der Waals surface area contributed by atoms with E-state index < -0.39 is 54.4 Å². The first-order valence-electron chi connectivity index (χ1n) is 16.2. The van der Waals surface area contributed by atoms with Crippen LogP contribution >= 0.6 is 0 Å². The van der Waals surface area contributed by atoms with Gasteiger partial charge in [0.15, 0.2) is 18.5 Å². The third-order valence-corrected chi connectivity index (χ3v) is 7.46. The maximum atomic E-state index is 13.6. The molecule has 0 aliphatic carbocycles. The Hall–Kier alpha value is -5.85. The van der Waals surface area contributed by atoms with Gasteiger partial charge in [0.2, 0.25) is 0 Å². The highest BCUT2D eigenvalue weighted by atomic mass is 16.7. The number of unbranched alkanes of at least 4 members (excludes halogenated alkanes) is 1. The normalized spacial score (nSPS) is 13.1. The summed E-state index contributed by atoms with van der Waals surface area (Å²) < 4.78 is 28.6. The third-order valence-electron chi connectivity index (χ3n) is 7.46. The standard InChI is InChI=1S/C39H38O12/c40-32(41)23-13-14-25-47-39(46)34(51-38(45)30-21-11-4-12-22-30)33(50-37(44)29-19-9-3-10-20-29)31(49-36(43)28-17-7-2-8-18-28)24-26-48-35(42)27-15-5-1-6-16-27/h1-12,15-22,31,33-34,39,46H,13-14,23-26H2,(H,40,41)/t31-,33+,34?,39-/m1/s1. The molecule has 4 atom stereocenters. The fraction of sp³-hybridized carbons (Fsp3) is 0.256. The highest BCUT2D eigenvalue weighted by Gasteiger charge is 2.43. The number of carbonyl (C=O) groups is 5. The average Bonchev–Trinajstić information content (AvgIpc) is 3.16. The smallest absolute Gasteiger partial charge is 0.338 e. The van der Waals surface area contributed by atoms with Crippen molar-refractivity contribution in [1.29, 1.82) is 0 Å². The first kappa shape index (κ1) is 38.0. The van der Waals surface area contributed by atoms with Crippen molar-refractivity contribution in [1.82, 2.24) is 0 Å². The molecule has 0 bridgehead atoms. The van der Waals surface area contributed by atoms with Gasteiger partial charge in [-0.05, 0) is 61.4 Å². The lowest BCUT2D eigenvalue weighted by atomic mass is 10.0. The predicted molar refractivity (Wildman–Crippen MR) is 182 cm³/mol. The van der Waals surface area contributed by atoms with Gasteiger partial charge >= 0.3 is 29.8 Å². The van der Waals surface area contributed by atoms with Crippen molar-refractivity contribution >= 4 is 29.8 Å². The van der Waals surface area contributed by atoms with Crippen LogP contribution in [0.2, 0.25) is 0 Å². The highest BCUT2D eigenvalue weighted by Crippen LogP contribution is 2.24. The maximum Gasteiger partial charge on any atom is 0.338 e. The van der Waals surface area contributed by atoms with Gasteiger partial charge in [0, 0.05) is 19.4 Å². The Morgan fingerprint density at radius 1 is 0.510 bits per heavy atom. The summed E-state index contributed by atoms with van der Waals surface area (Å²) in [6.07, 6.45) is -6.91. The first-order valence-corrected chi connectivity index (χ1v) is 16.2. The van der Waals surface area contributed by atoms with Crippen LogP contribution in [-0.4, -0.2) is 77.9 Å². The number of benzene rings is 4. The van der Waals surface area contributed by atoms with E-state index in [9.17, 15) is 29.1 Å². The molecule has 4 rings (SSSR count). The van der Waals surface area contributed by atoms with E-state index in [-0.39, 0.29) is 61.2 Å². The molecule has 0 aromatic heterocycles. The van der Waals surface area contributed by atoms with E-state index in [2.05, 4.69) is 0 Å². The van der Waals surface area contributed by atoms with Crippen molar-refractivity contribution in [2.24, 2.45) is 0 Å². The van der Waals surface area contributed by atoms with Crippen molar-refractivity contribution < 1.29 is 57.9 Å². The van der Waals surface area contributed by atoms with Crippen LogP contribution in [0.5, 0.6) is 0 Å². The Bertz CT molecular complexity index is 1700. The van der Waals surface area contributed by atoms with Gasteiger partial charge in [-0.2, -0.15) is 0 Å². The number of ether oxygens (including phenoxy) is 5. The predicted octanol–water partition coefficient (Wildman–Crippen LogP) is 5.50. The van der Waals surface area contributed by atoms with Crippen LogP contribution in [0.15, 0.2) is 121 Å². The van der Waals surface area contributed by atoms with Crippen molar-refractivity contribution in [2.75, 3.05) is 13.2 Å². The fourth-order valence-electron chi connectivity index (χ4n) is 4.85. The molecule has 266 valence electrons. The van der Waals surface area contributed by atoms with Gasteiger partial charge in [-0.1, -0.05) is 72.8 Å². The molecule has 0 radical (unpaired) electrons. The Balaban J connectivity index is 1.70. The second-order valence-electron chi connectivity index (χ2n) is 11.2. The molecule has 1 unspecified atom stereocenters. The van der Waals surface area contributed by atoms with E-state index in [4.69, 9.17) is 28.8 Å². The molecular weight excluding hydrogens is 660 g/mol. The van der Waals surface area contributed by atoms with E-state index in [1.807, 2.05) is 0 Å². The van der Waals surface area contributed by atoms with Crippen LogP contribution in [0.25, 0.3) is 0 Å². The van der Waals surface area contributed by atoms with Crippen LogP contribution in [0.1, 0.15) is 67.1 Å². The molecule has 12 nitrogen and oxygen atoms in total. The third kappa shape index (κ3) is 12.2. The van der Waals surface area contributed by atoms with Crippen molar-refractivity contribution in [2.45, 2.75) is 50.3 Å². The van der Waals surface area contributed by atoms with Crippen LogP contribution < -0.4 is 0 Å². The Labute approximate surface area is 294 Å². The first-order chi connectivity index (χ1) is 24.7. The zero-order valence-electron chi connectivity index (χ0n) is 27.6. The number of carbonyl (C=O) groups excluding carboxylic acids is 4. The van der Waals surface area contributed by atoms with Crippen molar-refractivity contribution in [3.05, 3.63) is 144 Å². The summed E-state index contributed by atoms with van der Waals surface area (Å²) in [4.78, 5) is 64.2. The summed E-state index contributed by atoms with van der Waals surface area (Å²) >= 11 is 0. The number of esters is 4. The maximum absolute atomic E-state index is 13.6. The van der Waals surface area contributed by atoms with E-state index in [0.717, 1.165) is 0 Å². The van der Waals surface area contributed by atoms with Gasteiger partial charge in [0.1, 0.15) is 6.10 Å². The number of aliphatic hydroxyl groups is 1. The zero-order chi connectivity index (χ0) is 36.4. The summed E-state index contributed by atoms with van der Waals surface area (Å²) in [5.74, 6) is -4.34. The Morgan fingerprint density at radius 3 is 1.37 bits per heavy atom. The summed E-state index contributed by atoms with van der Waals surface area (Å²) in [6, 6.07) is 31.8. The molecule has 0 heterocycles. The van der Waals surface area contributed by atoms with Crippen LogP contribution in [0, 0.1) is 0 Å². The molecule has 4 aromatic carbocycles. The molecule has 4 aromatic rings. The molecule has 0 saturated heterocycles. The van der Waals surface area contributed by atoms with Gasteiger partial charge in [-0.3, -0.25) is 4.79 Å². The minimum Gasteiger partial charge on any atom is -0.481 e. The largest absolute Gasteiger partial charge is 0.481 e. The molecule has 2 N–H and O–H groups in total. The monoisotopic (exact) mass is 698 g/mol. The van der Waals surface area contributed by atoms with E-state index in [0.29, 0.717) is 0 Å². The second kappa shape index (κ2) is 20.0. The van der Waals surface area contributed by atoms with E-state index in [1.165, 1.54) is 36.4 Å². The molecule has 0 aliphatic heterocycles. The van der Waals surface area contributed by atoms with Crippen LogP contribution in [0.3, 0.4) is 0 Å². The number of aliphatic hydroxyl groups excluding tert-OH is 1. The topological polar surface area (TPSA) is 172 Å². The van der Waals surface area contributed by atoms with Crippen molar-refractivity contribution in [3.63, 3.8) is 0 Å². The number of rotatable bonds is 19. The van der Waals surface area contributed by atoms with Gasteiger partial charge in [0.25, 0.3) is 0 Å². The quantitative estimate of drug-likeness (QED) is 0.0546. The minimum atomic E-state index is -1.96. The summed E-state index contributed by atoms with van der Waals surface area (Å²) in [6.45, 7) is -0.498. The van der Waals surface area contributed by atoms with Gasteiger partial charge in [-0.15, -0.1) is 0 Å². The molecule has 0 saturated carbocycles. The van der Waals surface area contributed by atoms with Crippen molar-refractivity contribution in [3.8, 4) is 0 Å². The molecule has 0 fully saturated rings. The van der Waals surface area contributed by atoms with Gasteiger partial charge in [0.05, 0.1) is 28.9 Å². The number of carboxylic acids is 1. The van der Waals surface area contributed by atoms with Gasteiger partial charge < -0.3 is 33.9 Å². The number of aliphatic carboxylic acids is 1. The zero-order valence-corrected chi connectivity index (χ0v) is 27.6. The Morgan fingerprint density at radius 2 is 0.922 bits per heavy atom. The molecule has 0 spiro atoms. The van der Waals surface area contributed by atoms with E-state index >= 15 is 0 Å². The lowest BCUT2D eigenvalue weighted by molar-refractivity contribution is -0.204. The molecule has 51 heavy (non-hydrogen) atoms. The summed E-state index contributed by atoms with van der Waals surface area (Å²) in [5.41, 5.74) is 0.607. The SMILES string of the molecule is O=C(O)CCCCO[C@@H](O)C(OC(=O)c1ccccc1)[C@@H](OC(=O)c1ccccc1)[C@@H](CCOC(=O)c1ccccc1)OC(=O)c1ccccc1. The van der Waals surface area contributed by atoms with E-state index in [1.54, 1.807) is 84.9 Å². The molecule has 12 heteroatoms. The highest BCUT2D eigenvalue weighted by molar-refractivity contribution is 5.91. The van der Waals surface area contributed by atoms with Gasteiger partial charge in [-0.25, -0.2) is 19.2 Å². The minimum absolute atomic E-state index is 0.0962. The number of hydrogen-bond donors (Lipinski definition) is 2. The molecule has 0 amide bonds. The average molecular weight is 699 g/mol. The second-order valence-corrected chi connectivity index (χ2v) is 11.2. The Kier molecular flexibility index (Phi) is 14.9. The number of hydrogen-bond acceptors (Lipinski definition) is 11. The fourth-order valence-corrected chi connectivity index (χ4v) is 4.85. The summed E-state index contributed by atoms with van der Waals surface area (Å²) in [5, 5.41) is 20.4. The number of carboxylic acid groups (broad SMARTS) is 1. The summed E-state index contributed by atoms with van der Waals surface area (Å²) in [7, 11) is 0. The molecule has 0 aliphatic rings. The molecular formula is C39H38O12.